The Morgan fingerprint density at radius 1 is 1.05 bits per heavy atom. The Morgan fingerprint density at radius 3 is 2.68 bits per heavy atom. The van der Waals surface area contributed by atoms with E-state index in [-0.39, 0.29) is 0 Å². The fraction of sp³-hybridized carbons (Fsp3) is 0.263. The SMILES string of the molecule is Cc1ccccc1CC1CN(c2ncc3ccccc3n2)C1. The summed E-state index contributed by atoms with van der Waals surface area (Å²) in [5, 5.41) is 1.10. The van der Waals surface area contributed by atoms with Gasteiger partial charge in [-0.2, -0.15) is 0 Å². The lowest BCUT2D eigenvalue weighted by molar-refractivity contribution is 0.401. The average molecular weight is 289 g/mol. The van der Waals surface area contributed by atoms with Gasteiger partial charge in [-0.1, -0.05) is 42.5 Å². The number of benzene rings is 2. The molecule has 0 spiro atoms. The van der Waals surface area contributed by atoms with E-state index in [4.69, 9.17) is 0 Å². The molecule has 4 rings (SSSR count). The van der Waals surface area contributed by atoms with Crippen molar-refractivity contribution in [1.82, 2.24) is 9.97 Å². The number of fused-ring (bicyclic) bond motifs is 1. The van der Waals surface area contributed by atoms with Crippen molar-refractivity contribution in [1.29, 1.82) is 0 Å². The Hall–Kier alpha value is -2.42. The highest BCUT2D eigenvalue weighted by molar-refractivity contribution is 5.78. The molecule has 0 radical (unpaired) electrons. The Kier molecular flexibility index (Phi) is 3.26. The van der Waals surface area contributed by atoms with E-state index in [9.17, 15) is 0 Å². The first kappa shape index (κ1) is 13.3. The molecule has 0 aliphatic carbocycles. The molecule has 0 atom stereocenters. The van der Waals surface area contributed by atoms with E-state index < -0.39 is 0 Å². The number of hydrogen-bond acceptors (Lipinski definition) is 3. The molecule has 3 aromatic rings. The maximum atomic E-state index is 4.67. The predicted octanol–water partition coefficient (Wildman–Crippen LogP) is 3.62. The number of hydrogen-bond donors (Lipinski definition) is 0. The largest absolute Gasteiger partial charge is 0.340 e. The normalized spacial score (nSPS) is 15.0. The van der Waals surface area contributed by atoms with Crippen LogP contribution in [0.1, 0.15) is 11.1 Å². The number of aryl methyl sites for hydroxylation is 1. The van der Waals surface area contributed by atoms with Crippen molar-refractivity contribution in [3.8, 4) is 0 Å². The van der Waals surface area contributed by atoms with E-state index in [1.54, 1.807) is 0 Å². The molecule has 3 nitrogen and oxygen atoms in total. The fourth-order valence-electron chi connectivity index (χ4n) is 3.13. The lowest BCUT2D eigenvalue weighted by atomic mass is 9.90. The highest BCUT2D eigenvalue weighted by Crippen LogP contribution is 2.26. The summed E-state index contributed by atoms with van der Waals surface area (Å²) in [6.45, 7) is 4.29. The van der Waals surface area contributed by atoms with Crippen molar-refractivity contribution in [2.24, 2.45) is 5.92 Å². The molecular weight excluding hydrogens is 270 g/mol. The molecule has 2 heterocycles. The number of para-hydroxylation sites is 1. The molecule has 3 heteroatoms. The maximum Gasteiger partial charge on any atom is 0.225 e. The second-order valence-corrected chi connectivity index (χ2v) is 6.13. The van der Waals surface area contributed by atoms with E-state index in [0.717, 1.165) is 36.4 Å². The number of rotatable bonds is 3. The summed E-state index contributed by atoms with van der Waals surface area (Å²) in [6.07, 6.45) is 3.07. The van der Waals surface area contributed by atoms with Gasteiger partial charge < -0.3 is 4.90 Å². The standard InChI is InChI=1S/C19H19N3/c1-14-6-2-3-7-16(14)10-15-12-22(13-15)19-20-11-17-8-4-5-9-18(17)21-19/h2-9,11,15H,10,12-13H2,1H3. The minimum atomic E-state index is 0.705. The Balaban J connectivity index is 1.45. The molecule has 0 N–H and O–H groups in total. The predicted molar refractivity (Wildman–Crippen MR) is 90.1 cm³/mol. The molecule has 2 aromatic carbocycles. The summed E-state index contributed by atoms with van der Waals surface area (Å²) in [6, 6.07) is 16.8. The van der Waals surface area contributed by atoms with Crippen LogP contribution < -0.4 is 4.90 Å². The van der Waals surface area contributed by atoms with Crippen molar-refractivity contribution in [2.75, 3.05) is 18.0 Å². The van der Waals surface area contributed by atoms with Gasteiger partial charge in [-0.15, -0.1) is 0 Å². The Morgan fingerprint density at radius 2 is 1.82 bits per heavy atom. The Labute approximate surface area is 130 Å². The molecule has 1 fully saturated rings. The quantitative estimate of drug-likeness (QED) is 0.737. The van der Waals surface area contributed by atoms with Gasteiger partial charge in [0, 0.05) is 24.7 Å². The van der Waals surface area contributed by atoms with Gasteiger partial charge in [-0.25, -0.2) is 9.97 Å². The first-order chi connectivity index (χ1) is 10.8. The summed E-state index contributed by atoms with van der Waals surface area (Å²) >= 11 is 0. The molecule has 0 saturated carbocycles. The van der Waals surface area contributed by atoms with E-state index in [2.05, 4.69) is 52.1 Å². The molecule has 110 valence electrons. The zero-order valence-electron chi connectivity index (χ0n) is 12.7. The van der Waals surface area contributed by atoms with Crippen molar-refractivity contribution in [2.45, 2.75) is 13.3 Å². The van der Waals surface area contributed by atoms with Crippen LogP contribution in [0.15, 0.2) is 54.7 Å². The van der Waals surface area contributed by atoms with Gasteiger partial charge in [-0.3, -0.25) is 0 Å². The van der Waals surface area contributed by atoms with Crippen LogP contribution in [-0.2, 0) is 6.42 Å². The molecule has 1 aromatic heterocycles. The second-order valence-electron chi connectivity index (χ2n) is 6.13. The zero-order chi connectivity index (χ0) is 14.9. The highest BCUT2D eigenvalue weighted by Gasteiger charge is 2.29. The van der Waals surface area contributed by atoms with Gasteiger partial charge in [0.1, 0.15) is 0 Å². The fourth-order valence-corrected chi connectivity index (χ4v) is 3.13. The van der Waals surface area contributed by atoms with Crippen LogP contribution in [0.3, 0.4) is 0 Å². The van der Waals surface area contributed by atoms with Gasteiger partial charge >= 0.3 is 0 Å². The van der Waals surface area contributed by atoms with Gasteiger partial charge in [0.05, 0.1) is 5.52 Å². The molecule has 0 unspecified atom stereocenters. The van der Waals surface area contributed by atoms with Crippen LogP contribution in [0.4, 0.5) is 5.95 Å². The van der Waals surface area contributed by atoms with E-state index in [0.29, 0.717) is 5.92 Å². The van der Waals surface area contributed by atoms with Gasteiger partial charge in [-0.05, 0) is 36.5 Å². The zero-order valence-corrected chi connectivity index (χ0v) is 12.7. The lowest BCUT2D eigenvalue weighted by Crippen LogP contribution is -2.48. The second kappa shape index (κ2) is 5.41. The monoisotopic (exact) mass is 289 g/mol. The van der Waals surface area contributed by atoms with E-state index in [1.807, 2.05) is 24.4 Å². The maximum absolute atomic E-state index is 4.67. The summed E-state index contributed by atoms with van der Waals surface area (Å²) < 4.78 is 0. The van der Waals surface area contributed by atoms with Gasteiger partial charge in [0.2, 0.25) is 5.95 Å². The van der Waals surface area contributed by atoms with Crippen LogP contribution >= 0.6 is 0 Å². The lowest BCUT2D eigenvalue weighted by Gasteiger charge is -2.39. The summed E-state index contributed by atoms with van der Waals surface area (Å²) in [5.41, 5.74) is 3.88. The van der Waals surface area contributed by atoms with E-state index in [1.165, 1.54) is 11.1 Å². The van der Waals surface area contributed by atoms with E-state index >= 15 is 0 Å². The summed E-state index contributed by atoms with van der Waals surface area (Å²) in [5.74, 6) is 1.57. The van der Waals surface area contributed by atoms with Crippen molar-refractivity contribution in [3.63, 3.8) is 0 Å². The van der Waals surface area contributed by atoms with Crippen molar-refractivity contribution >= 4 is 16.9 Å². The third kappa shape index (κ3) is 2.43. The third-order valence-corrected chi connectivity index (χ3v) is 4.49. The first-order valence-corrected chi connectivity index (χ1v) is 7.81. The van der Waals surface area contributed by atoms with Crippen LogP contribution in [0.5, 0.6) is 0 Å². The van der Waals surface area contributed by atoms with Crippen LogP contribution in [0.2, 0.25) is 0 Å². The molecule has 0 bridgehead atoms. The topological polar surface area (TPSA) is 29.0 Å². The van der Waals surface area contributed by atoms with Crippen LogP contribution in [-0.4, -0.2) is 23.1 Å². The summed E-state index contributed by atoms with van der Waals surface area (Å²) in [7, 11) is 0. The molecule has 1 saturated heterocycles. The van der Waals surface area contributed by atoms with Crippen molar-refractivity contribution < 1.29 is 0 Å². The first-order valence-electron chi connectivity index (χ1n) is 7.81. The molecule has 22 heavy (non-hydrogen) atoms. The molecule has 1 aliphatic heterocycles. The van der Waals surface area contributed by atoms with Gasteiger partial charge in [0.25, 0.3) is 0 Å². The minimum absolute atomic E-state index is 0.705. The molecule has 1 aliphatic rings. The smallest absolute Gasteiger partial charge is 0.225 e. The van der Waals surface area contributed by atoms with Crippen molar-refractivity contribution in [3.05, 3.63) is 65.9 Å². The third-order valence-electron chi connectivity index (χ3n) is 4.49. The Bertz CT molecular complexity index is 806. The number of nitrogens with zero attached hydrogens (tertiary/aromatic N) is 3. The highest BCUT2D eigenvalue weighted by atomic mass is 15.3. The summed E-state index contributed by atoms with van der Waals surface area (Å²) in [4.78, 5) is 11.4. The van der Waals surface area contributed by atoms with Gasteiger partial charge in [0.15, 0.2) is 0 Å². The minimum Gasteiger partial charge on any atom is -0.340 e. The average Bonchev–Trinajstić information content (AvgIpc) is 2.51. The molecule has 0 amide bonds. The molecular formula is C19H19N3. The van der Waals surface area contributed by atoms with Crippen LogP contribution in [0, 0.1) is 12.8 Å². The van der Waals surface area contributed by atoms with Crippen LogP contribution in [0.25, 0.3) is 10.9 Å². The number of anilines is 1. The number of aromatic nitrogens is 2.